The third-order valence-corrected chi connectivity index (χ3v) is 6.11. The summed E-state index contributed by atoms with van der Waals surface area (Å²) in [5.74, 6) is 1.89. The zero-order chi connectivity index (χ0) is 20.0. The van der Waals surface area contributed by atoms with Gasteiger partial charge in [0.15, 0.2) is 0 Å². The molecule has 0 aromatic heterocycles. The molecular formula is C27H52. The summed E-state index contributed by atoms with van der Waals surface area (Å²) in [6, 6.07) is 0. The van der Waals surface area contributed by atoms with Crippen molar-refractivity contribution < 1.29 is 0 Å². The van der Waals surface area contributed by atoms with Gasteiger partial charge < -0.3 is 0 Å². The maximum Gasteiger partial charge on any atom is -0.0348 e. The molecule has 0 aromatic rings. The van der Waals surface area contributed by atoms with Crippen LogP contribution in [0.5, 0.6) is 0 Å². The van der Waals surface area contributed by atoms with Crippen LogP contribution in [0.1, 0.15) is 136 Å². The molecule has 0 saturated carbocycles. The first kappa shape index (κ1) is 26.7. The number of allylic oxidation sites excluding steroid dienone is 2. The first-order chi connectivity index (χ1) is 13.2. The van der Waals surface area contributed by atoms with Gasteiger partial charge in [-0.2, -0.15) is 0 Å². The second kappa shape index (κ2) is 22.0. The summed E-state index contributed by atoms with van der Waals surface area (Å²) in [5.41, 5.74) is 0. The van der Waals surface area contributed by atoms with Crippen molar-refractivity contribution in [1.29, 1.82) is 0 Å². The van der Waals surface area contributed by atoms with Crippen molar-refractivity contribution in [3.8, 4) is 0 Å². The molecule has 0 fully saturated rings. The minimum atomic E-state index is 0.899. The lowest BCUT2D eigenvalue weighted by Crippen LogP contribution is -1.99. The van der Waals surface area contributed by atoms with Gasteiger partial charge in [0.1, 0.15) is 0 Å². The van der Waals surface area contributed by atoms with Gasteiger partial charge in [0.2, 0.25) is 0 Å². The summed E-state index contributed by atoms with van der Waals surface area (Å²) >= 11 is 0. The standard InChI is InChI=1S/C27H52/c1-5-8-10-12-15-18-22-26(4)23-19-16-13-14-17-21-25-27(7-3)24-20-11-9-6-2/h12,15,26-27H,1-2,5-11,13-14,16-25H2,3-4H3/b15-12+. The van der Waals surface area contributed by atoms with Crippen LogP contribution in [-0.4, -0.2) is 0 Å². The Morgan fingerprint density at radius 1 is 0.593 bits per heavy atom. The second-order valence-corrected chi connectivity index (χ2v) is 8.83. The SMILES string of the molecule is [CH2]CCC/C=C/CCC(C)CCCCCCCCC(CC)CCCCC[CH2]. The van der Waals surface area contributed by atoms with E-state index >= 15 is 0 Å². The first-order valence-corrected chi connectivity index (χ1v) is 12.5. The Morgan fingerprint density at radius 3 is 1.70 bits per heavy atom. The van der Waals surface area contributed by atoms with Crippen LogP contribution in [-0.2, 0) is 0 Å². The molecule has 0 aliphatic carbocycles. The van der Waals surface area contributed by atoms with Crippen molar-refractivity contribution in [2.45, 2.75) is 136 Å². The molecular weight excluding hydrogens is 324 g/mol. The molecule has 0 aliphatic heterocycles. The van der Waals surface area contributed by atoms with Gasteiger partial charge in [0.05, 0.1) is 0 Å². The second-order valence-electron chi connectivity index (χ2n) is 8.83. The Morgan fingerprint density at radius 2 is 1.11 bits per heavy atom. The molecule has 0 spiro atoms. The van der Waals surface area contributed by atoms with Gasteiger partial charge in [-0.15, -0.1) is 0 Å². The molecule has 0 bridgehead atoms. The summed E-state index contributed by atoms with van der Waals surface area (Å²) in [7, 11) is 0. The molecule has 160 valence electrons. The highest BCUT2D eigenvalue weighted by atomic mass is 14.1. The Balaban J connectivity index is 3.38. The van der Waals surface area contributed by atoms with Gasteiger partial charge >= 0.3 is 0 Å². The molecule has 0 rings (SSSR count). The largest absolute Gasteiger partial charge is 0.0885 e. The van der Waals surface area contributed by atoms with E-state index in [0.29, 0.717) is 0 Å². The Hall–Kier alpha value is -0.260. The summed E-state index contributed by atoms with van der Waals surface area (Å²) in [5, 5.41) is 0. The van der Waals surface area contributed by atoms with Crippen molar-refractivity contribution in [3.63, 3.8) is 0 Å². The molecule has 0 heterocycles. The van der Waals surface area contributed by atoms with E-state index in [4.69, 9.17) is 0 Å². The normalized spacial score (nSPS) is 14.1. The van der Waals surface area contributed by atoms with Crippen molar-refractivity contribution in [2.24, 2.45) is 11.8 Å². The topological polar surface area (TPSA) is 0 Å². The van der Waals surface area contributed by atoms with E-state index in [-0.39, 0.29) is 0 Å². The fourth-order valence-electron chi connectivity index (χ4n) is 4.00. The minimum absolute atomic E-state index is 0.899. The van der Waals surface area contributed by atoms with Gasteiger partial charge in [-0.05, 0) is 37.5 Å². The summed E-state index contributed by atoms with van der Waals surface area (Å²) in [4.78, 5) is 0. The Bertz CT molecular complexity index is 290. The minimum Gasteiger partial charge on any atom is -0.0885 e. The van der Waals surface area contributed by atoms with Crippen LogP contribution in [0.2, 0.25) is 0 Å². The third kappa shape index (κ3) is 20.3. The summed E-state index contributed by atoms with van der Waals surface area (Å²) < 4.78 is 0. The van der Waals surface area contributed by atoms with E-state index in [1.165, 1.54) is 109 Å². The van der Waals surface area contributed by atoms with Crippen LogP contribution < -0.4 is 0 Å². The van der Waals surface area contributed by atoms with Crippen molar-refractivity contribution in [3.05, 3.63) is 26.0 Å². The number of unbranched alkanes of at least 4 members (excludes halogenated alkanes) is 10. The van der Waals surface area contributed by atoms with Gasteiger partial charge in [0, 0.05) is 0 Å². The van der Waals surface area contributed by atoms with Crippen LogP contribution in [0, 0.1) is 25.7 Å². The average molecular weight is 377 g/mol. The average Bonchev–Trinajstić information content (AvgIpc) is 2.68. The molecule has 0 amide bonds. The van der Waals surface area contributed by atoms with E-state index in [1.54, 1.807) is 0 Å². The van der Waals surface area contributed by atoms with E-state index < -0.39 is 0 Å². The monoisotopic (exact) mass is 376 g/mol. The molecule has 2 radical (unpaired) electrons. The van der Waals surface area contributed by atoms with Crippen LogP contribution in [0.15, 0.2) is 12.2 Å². The van der Waals surface area contributed by atoms with Gasteiger partial charge in [-0.3, -0.25) is 0 Å². The Kier molecular flexibility index (Phi) is 21.8. The molecule has 0 saturated heterocycles. The maximum absolute atomic E-state index is 3.94. The molecule has 0 N–H and O–H groups in total. The number of rotatable bonds is 21. The summed E-state index contributed by atoms with van der Waals surface area (Å²) in [6.07, 6.45) is 30.6. The highest BCUT2D eigenvalue weighted by molar-refractivity contribution is 4.82. The zero-order valence-corrected chi connectivity index (χ0v) is 19.2. The van der Waals surface area contributed by atoms with Gasteiger partial charge in [-0.25, -0.2) is 0 Å². The fraction of sp³-hybridized carbons (Fsp3) is 0.852. The van der Waals surface area contributed by atoms with Crippen LogP contribution in [0.4, 0.5) is 0 Å². The highest BCUT2D eigenvalue weighted by Gasteiger charge is 2.06. The lowest BCUT2D eigenvalue weighted by Gasteiger charge is -2.14. The molecule has 0 aliphatic rings. The van der Waals surface area contributed by atoms with Gasteiger partial charge in [0.25, 0.3) is 0 Å². The third-order valence-electron chi connectivity index (χ3n) is 6.11. The first-order valence-electron chi connectivity index (χ1n) is 12.5. The lowest BCUT2D eigenvalue weighted by molar-refractivity contribution is 0.393. The zero-order valence-electron chi connectivity index (χ0n) is 19.2. The molecule has 27 heavy (non-hydrogen) atoms. The van der Waals surface area contributed by atoms with E-state index in [2.05, 4.69) is 39.8 Å². The van der Waals surface area contributed by atoms with E-state index in [9.17, 15) is 0 Å². The molecule has 0 nitrogen and oxygen atoms in total. The number of hydrogen-bond donors (Lipinski definition) is 0. The van der Waals surface area contributed by atoms with Crippen molar-refractivity contribution in [2.75, 3.05) is 0 Å². The maximum atomic E-state index is 3.94. The molecule has 2 atom stereocenters. The number of hydrogen-bond acceptors (Lipinski definition) is 0. The van der Waals surface area contributed by atoms with Gasteiger partial charge in [-0.1, -0.05) is 136 Å². The van der Waals surface area contributed by atoms with Crippen LogP contribution in [0.25, 0.3) is 0 Å². The van der Waals surface area contributed by atoms with Crippen molar-refractivity contribution >= 4 is 0 Å². The van der Waals surface area contributed by atoms with Crippen LogP contribution in [0.3, 0.4) is 0 Å². The van der Waals surface area contributed by atoms with E-state index in [1.807, 2.05) is 0 Å². The quantitative estimate of drug-likeness (QED) is 0.138. The Labute approximate surface area is 174 Å². The van der Waals surface area contributed by atoms with Crippen LogP contribution >= 0.6 is 0 Å². The highest BCUT2D eigenvalue weighted by Crippen LogP contribution is 2.22. The lowest BCUT2D eigenvalue weighted by atomic mass is 9.92. The predicted octanol–water partition coefficient (Wildman–Crippen LogP) is 9.89. The smallest absolute Gasteiger partial charge is 0.0348 e. The predicted molar refractivity (Wildman–Crippen MR) is 126 cm³/mol. The van der Waals surface area contributed by atoms with E-state index in [0.717, 1.165) is 24.7 Å². The molecule has 0 aromatic carbocycles. The summed E-state index contributed by atoms with van der Waals surface area (Å²) in [6.45, 7) is 12.7. The molecule has 2 unspecified atom stereocenters. The van der Waals surface area contributed by atoms with Crippen molar-refractivity contribution in [1.82, 2.24) is 0 Å². The molecule has 0 heteroatoms. The fourth-order valence-corrected chi connectivity index (χ4v) is 4.00.